The van der Waals surface area contributed by atoms with Crippen molar-refractivity contribution in [2.45, 2.75) is 10.6 Å². The van der Waals surface area contributed by atoms with E-state index in [-0.39, 0.29) is 5.91 Å². The third-order valence-electron chi connectivity index (χ3n) is 3.63. The van der Waals surface area contributed by atoms with Gasteiger partial charge < -0.3 is 5.32 Å². The molecule has 0 aliphatic rings. The maximum atomic E-state index is 12.0. The number of fused-ring (bicyclic) bond motifs is 1. The molecule has 0 saturated heterocycles. The van der Waals surface area contributed by atoms with Crippen LogP contribution in [0.3, 0.4) is 0 Å². The van der Waals surface area contributed by atoms with Crippen molar-refractivity contribution in [1.29, 1.82) is 0 Å². The van der Waals surface area contributed by atoms with Crippen LogP contribution in [0.5, 0.6) is 0 Å². The molecule has 3 rings (SSSR count). The molecule has 0 saturated carbocycles. The van der Waals surface area contributed by atoms with Crippen LogP contribution in [0.1, 0.15) is 5.56 Å². The van der Waals surface area contributed by atoms with E-state index in [1.165, 1.54) is 17.3 Å². The van der Waals surface area contributed by atoms with Crippen LogP contribution >= 0.6 is 23.5 Å². The van der Waals surface area contributed by atoms with E-state index in [0.717, 1.165) is 27.3 Å². The van der Waals surface area contributed by atoms with Crippen molar-refractivity contribution in [3.8, 4) is 0 Å². The minimum atomic E-state index is 0.0678. The summed E-state index contributed by atoms with van der Waals surface area (Å²) in [7, 11) is 0. The number of carbonyl (C=O) groups excluding carboxylic acids is 1. The minimum absolute atomic E-state index is 0.0678. The lowest BCUT2D eigenvalue weighted by atomic mass is 10.2. The number of carbonyl (C=O) groups is 1. The van der Waals surface area contributed by atoms with Crippen LogP contribution < -0.4 is 5.32 Å². The summed E-state index contributed by atoms with van der Waals surface area (Å²) in [4.78, 5) is 17.5. The van der Waals surface area contributed by atoms with Gasteiger partial charge in [0, 0.05) is 34.5 Å². The Hall–Kier alpha value is -1.98. The molecule has 25 heavy (non-hydrogen) atoms. The van der Waals surface area contributed by atoms with Crippen molar-refractivity contribution in [2.24, 2.45) is 0 Å². The topological polar surface area (TPSA) is 42.0 Å². The Morgan fingerprint density at radius 2 is 1.84 bits per heavy atom. The number of para-hydroxylation sites is 1. The largest absolute Gasteiger partial charge is 0.355 e. The van der Waals surface area contributed by atoms with Gasteiger partial charge in [-0.3, -0.25) is 9.78 Å². The van der Waals surface area contributed by atoms with Crippen molar-refractivity contribution in [1.82, 2.24) is 10.3 Å². The van der Waals surface area contributed by atoms with Gasteiger partial charge in [-0.1, -0.05) is 48.5 Å². The first kappa shape index (κ1) is 17.8. The van der Waals surface area contributed by atoms with Crippen LogP contribution in [0.25, 0.3) is 10.9 Å². The van der Waals surface area contributed by atoms with Gasteiger partial charge in [0.2, 0.25) is 5.91 Å². The zero-order valence-electron chi connectivity index (χ0n) is 13.9. The molecule has 1 aromatic heterocycles. The lowest BCUT2D eigenvalue weighted by Crippen LogP contribution is -2.27. The van der Waals surface area contributed by atoms with Crippen molar-refractivity contribution in [3.05, 3.63) is 72.4 Å². The number of nitrogens with zero attached hydrogens (tertiary/aromatic N) is 1. The van der Waals surface area contributed by atoms with Crippen LogP contribution in [-0.4, -0.2) is 28.9 Å². The summed E-state index contributed by atoms with van der Waals surface area (Å²) in [5, 5.41) is 4.09. The SMILES string of the molecule is O=C(CSc1cccc2cccnc12)NCCSCc1ccccc1. The van der Waals surface area contributed by atoms with E-state index in [0.29, 0.717) is 12.3 Å². The fourth-order valence-electron chi connectivity index (χ4n) is 2.41. The quantitative estimate of drug-likeness (QED) is 0.473. The van der Waals surface area contributed by atoms with E-state index >= 15 is 0 Å². The first-order chi connectivity index (χ1) is 12.3. The van der Waals surface area contributed by atoms with Gasteiger partial charge in [0.15, 0.2) is 0 Å². The molecule has 1 amide bonds. The van der Waals surface area contributed by atoms with Gasteiger partial charge in [-0.15, -0.1) is 11.8 Å². The number of rotatable bonds is 8. The monoisotopic (exact) mass is 368 g/mol. The third-order valence-corrected chi connectivity index (χ3v) is 5.71. The van der Waals surface area contributed by atoms with E-state index in [1.54, 1.807) is 6.20 Å². The maximum Gasteiger partial charge on any atom is 0.230 e. The Kier molecular flexibility index (Phi) is 6.77. The number of amides is 1. The fraction of sp³-hybridized carbons (Fsp3) is 0.200. The molecule has 1 heterocycles. The summed E-state index contributed by atoms with van der Waals surface area (Å²) < 4.78 is 0. The molecule has 0 atom stereocenters. The first-order valence-electron chi connectivity index (χ1n) is 8.18. The number of hydrogen-bond acceptors (Lipinski definition) is 4. The first-order valence-corrected chi connectivity index (χ1v) is 10.3. The molecular formula is C20H20N2OS2. The van der Waals surface area contributed by atoms with Crippen molar-refractivity contribution in [3.63, 3.8) is 0 Å². The molecule has 3 nitrogen and oxygen atoms in total. The second-order valence-corrected chi connectivity index (χ2v) is 7.63. The number of hydrogen-bond donors (Lipinski definition) is 1. The van der Waals surface area contributed by atoms with Crippen molar-refractivity contribution < 1.29 is 4.79 Å². The van der Waals surface area contributed by atoms with E-state index in [1.807, 2.05) is 48.2 Å². The highest BCUT2D eigenvalue weighted by atomic mass is 32.2. The highest BCUT2D eigenvalue weighted by Gasteiger charge is 2.06. The second-order valence-electron chi connectivity index (χ2n) is 5.51. The number of aromatic nitrogens is 1. The summed E-state index contributed by atoms with van der Waals surface area (Å²) in [6, 6.07) is 20.4. The summed E-state index contributed by atoms with van der Waals surface area (Å²) in [6.45, 7) is 0.699. The molecule has 0 bridgehead atoms. The smallest absolute Gasteiger partial charge is 0.230 e. The molecule has 0 aliphatic heterocycles. The lowest BCUT2D eigenvalue weighted by molar-refractivity contribution is -0.118. The van der Waals surface area contributed by atoms with Crippen LogP contribution in [0.2, 0.25) is 0 Å². The van der Waals surface area contributed by atoms with Crippen molar-refractivity contribution in [2.75, 3.05) is 18.1 Å². The molecule has 2 aromatic carbocycles. The Morgan fingerprint density at radius 3 is 2.72 bits per heavy atom. The van der Waals surface area contributed by atoms with Crippen molar-refractivity contribution >= 4 is 40.3 Å². The van der Waals surface area contributed by atoms with Gasteiger partial charge in [-0.25, -0.2) is 0 Å². The molecule has 128 valence electrons. The molecule has 0 radical (unpaired) electrons. The van der Waals surface area contributed by atoms with Crippen LogP contribution in [-0.2, 0) is 10.5 Å². The average molecular weight is 369 g/mol. The van der Waals surface area contributed by atoms with E-state index in [2.05, 4.69) is 34.6 Å². The van der Waals surface area contributed by atoms with Crippen LogP contribution in [0.4, 0.5) is 0 Å². The number of pyridine rings is 1. The van der Waals surface area contributed by atoms with Gasteiger partial charge in [0.1, 0.15) is 0 Å². The lowest BCUT2D eigenvalue weighted by Gasteiger charge is -2.07. The Morgan fingerprint density at radius 1 is 1.00 bits per heavy atom. The average Bonchev–Trinajstić information content (AvgIpc) is 2.67. The van der Waals surface area contributed by atoms with Gasteiger partial charge in [0.25, 0.3) is 0 Å². The zero-order chi connectivity index (χ0) is 17.3. The Labute approximate surface area is 156 Å². The predicted octanol–water partition coefficient (Wildman–Crippen LogP) is 4.38. The third kappa shape index (κ3) is 5.51. The molecule has 1 N–H and O–H groups in total. The summed E-state index contributed by atoms with van der Waals surface area (Å²) in [5.41, 5.74) is 2.28. The molecule has 0 spiro atoms. The number of benzene rings is 2. The fourth-order valence-corrected chi connectivity index (χ4v) is 4.10. The standard InChI is InChI=1S/C20H20N2OS2/c23-19(21-12-13-24-14-16-6-2-1-3-7-16)15-25-18-10-4-8-17-9-5-11-22-20(17)18/h1-11H,12-15H2,(H,21,23). The molecule has 0 aliphatic carbocycles. The summed E-state index contributed by atoms with van der Waals surface area (Å²) >= 11 is 3.37. The zero-order valence-corrected chi connectivity index (χ0v) is 15.5. The van der Waals surface area contributed by atoms with E-state index in [9.17, 15) is 4.79 Å². The minimum Gasteiger partial charge on any atom is -0.355 e. The molecule has 0 unspecified atom stereocenters. The van der Waals surface area contributed by atoms with E-state index in [4.69, 9.17) is 0 Å². The highest BCUT2D eigenvalue weighted by molar-refractivity contribution is 8.00. The van der Waals surface area contributed by atoms with E-state index < -0.39 is 0 Å². The normalized spacial score (nSPS) is 10.7. The van der Waals surface area contributed by atoms with Gasteiger partial charge >= 0.3 is 0 Å². The number of thioether (sulfide) groups is 2. The Bertz CT molecular complexity index is 819. The van der Waals surface area contributed by atoms with Gasteiger partial charge in [-0.05, 0) is 17.7 Å². The highest BCUT2D eigenvalue weighted by Crippen LogP contribution is 2.25. The molecule has 5 heteroatoms. The Balaban J connectivity index is 1.38. The second kappa shape index (κ2) is 9.49. The van der Waals surface area contributed by atoms with Crippen LogP contribution in [0.15, 0.2) is 71.8 Å². The summed E-state index contributed by atoms with van der Waals surface area (Å²) in [6.07, 6.45) is 1.79. The summed E-state index contributed by atoms with van der Waals surface area (Å²) in [5.74, 6) is 2.38. The van der Waals surface area contributed by atoms with Gasteiger partial charge in [-0.2, -0.15) is 11.8 Å². The number of nitrogens with one attached hydrogen (secondary N) is 1. The predicted molar refractivity (Wildman–Crippen MR) is 108 cm³/mol. The molecular weight excluding hydrogens is 348 g/mol. The van der Waals surface area contributed by atoms with Gasteiger partial charge in [0.05, 0.1) is 11.3 Å². The molecule has 3 aromatic rings. The van der Waals surface area contributed by atoms with Crippen LogP contribution in [0, 0.1) is 0 Å². The molecule has 0 fully saturated rings. The maximum absolute atomic E-state index is 12.0.